The van der Waals surface area contributed by atoms with E-state index in [1.54, 1.807) is 12.1 Å². The summed E-state index contributed by atoms with van der Waals surface area (Å²) in [6.45, 7) is 12.6. The Hall–Kier alpha value is -1.09. The molecule has 120 valence electrons. The van der Waals surface area contributed by atoms with Gasteiger partial charge < -0.3 is 10.2 Å². The van der Waals surface area contributed by atoms with Gasteiger partial charge in [-0.1, -0.05) is 33.6 Å². The van der Waals surface area contributed by atoms with E-state index in [-0.39, 0.29) is 5.82 Å². The van der Waals surface area contributed by atoms with E-state index >= 15 is 0 Å². The summed E-state index contributed by atoms with van der Waals surface area (Å²) < 4.78 is 13.6. The molecule has 1 aromatic rings. The first-order valence-corrected chi connectivity index (χ1v) is 8.24. The monoisotopic (exact) mass is 294 g/mol. The molecule has 0 fully saturated rings. The van der Waals surface area contributed by atoms with E-state index in [0.717, 1.165) is 17.8 Å². The minimum atomic E-state index is -0.156. The Morgan fingerprint density at radius 1 is 1.14 bits per heavy atom. The van der Waals surface area contributed by atoms with Crippen molar-refractivity contribution in [2.24, 2.45) is 0 Å². The summed E-state index contributed by atoms with van der Waals surface area (Å²) in [5, 5.41) is 3.40. The molecule has 1 aromatic carbocycles. The van der Waals surface area contributed by atoms with E-state index in [1.165, 1.54) is 19.3 Å². The standard InChI is InChI=1S/C18H31FN2/c1-6-7-8-11-21(15(4)5)18-10-9-17(19)12-16(18)13-20-14(2)3/h9-10,12,14-15,20H,6-8,11,13H2,1-5H3. The molecule has 0 bridgehead atoms. The highest BCUT2D eigenvalue weighted by molar-refractivity contribution is 5.54. The Labute approximate surface area is 129 Å². The van der Waals surface area contributed by atoms with Crippen molar-refractivity contribution in [2.75, 3.05) is 11.4 Å². The van der Waals surface area contributed by atoms with Gasteiger partial charge in [0, 0.05) is 30.9 Å². The molecule has 2 nitrogen and oxygen atoms in total. The summed E-state index contributed by atoms with van der Waals surface area (Å²) in [4.78, 5) is 2.40. The molecule has 0 aliphatic carbocycles. The number of rotatable bonds is 9. The largest absolute Gasteiger partial charge is 0.369 e. The number of nitrogens with one attached hydrogen (secondary N) is 1. The number of benzene rings is 1. The number of anilines is 1. The van der Waals surface area contributed by atoms with Crippen molar-refractivity contribution in [1.82, 2.24) is 5.32 Å². The van der Waals surface area contributed by atoms with Gasteiger partial charge in [0.05, 0.1) is 0 Å². The number of nitrogens with zero attached hydrogens (tertiary/aromatic N) is 1. The maximum Gasteiger partial charge on any atom is 0.123 e. The molecule has 1 rings (SSSR count). The molecule has 0 spiro atoms. The van der Waals surface area contributed by atoms with Gasteiger partial charge >= 0.3 is 0 Å². The first-order valence-electron chi connectivity index (χ1n) is 8.24. The van der Waals surface area contributed by atoms with Crippen LogP contribution in [0, 0.1) is 5.82 Å². The Kier molecular flexibility index (Phi) is 7.73. The van der Waals surface area contributed by atoms with Crippen molar-refractivity contribution in [1.29, 1.82) is 0 Å². The lowest BCUT2D eigenvalue weighted by molar-refractivity contribution is 0.574. The van der Waals surface area contributed by atoms with Crippen LogP contribution in [0.4, 0.5) is 10.1 Å². The second-order valence-corrected chi connectivity index (χ2v) is 6.30. The third-order valence-corrected chi connectivity index (χ3v) is 3.68. The number of halogens is 1. The van der Waals surface area contributed by atoms with Crippen LogP contribution in [-0.2, 0) is 6.54 Å². The van der Waals surface area contributed by atoms with Crippen LogP contribution in [0.25, 0.3) is 0 Å². The van der Waals surface area contributed by atoms with Crippen LogP contribution in [0.3, 0.4) is 0 Å². The highest BCUT2D eigenvalue weighted by Gasteiger charge is 2.15. The lowest BCUT2D eigenvalue weighted by Crippen LogP contribution is -2.33. The van der Waals surface area contributed by atoms with Crippen molar-refractivity contribution >= 4 is 5.69 Å². The molecular weight excluding hydrogens is 263 g/mol. The maximum absolute atomic E-state index is 13.6. The average Bonchev–Trinajstić information content (AvgIpc) is 2.42. The van der Waals surface area contributed by atoms with E-state index in [2.05, 4.69) is 44.8 Å². The minimum absolute atomic E-state index is 0.156. The molecule has 0 aromatic heterocycles. The van der Waals surface area contributed by atoms with Crippen LogP contribution in [0.2, 0.25) is 0 Å². The number of hydrogen-bond acceptors (Lipinski definition) is 2. The van der Waals surface area contributed by atoms with Crippen LogP contribution in [0.5, 0.6) is 0 Å². The van der Waals surface area contributed by atoms with Crippen molar-refractivity contribution in [3.63, 3.8) is 0 Å². The van der Waals surface area contributed by atoms with Gasteiger partial charge in [-0.25, -0.2) is 4.39 Å². The highest BCUT2D eigenvalue weighted by atomic mass is 19.1. The molecule has 0 unspecified atom stereocenters. The molecule has 0 saturated heterocycles. The van der Waals surface area contributed by atoms with Gasteiger partial charge in [0.1, 0.15) is 5.82 Å². The molecule has 0 radical (unpaired) electrons. The third-order valence-electron chi connectivity index (χ3n) is 3.68. The fraction of sp³-hybridized carbons (Fsp3) is 0.667. The zero-order valence-corrected chi connectivity index (χ0v) is 14.2. The zero-order chi connectivity index (χ0) is 15.8. The number of hydrogen-bond donors (Lipinski definition) is 1. The van der Waals surface area contributed by atoms with Gasteiger partial charge in [0.25, 0.3) is 0 Å². The van der Waals surface area contributed by atoms with Gasteiger partial charge in [0.2, 0.25) is 0 Å². The van der Waals surface area contributed by atoms with Gasteiger partial charge in [-0.15, -0.1) is 0 Å². The predicted octanol–water partition coefficient (Wildman–Crippen LogP) is 4.73. The van der Waals surface area contributed by atoms with Crippen molar-refractivity contribution < 1.29 is 4.39 Å². The Morgan fingerprint density at radius 2 is 1.86 bits per heavy atom. The SMILES string of the molecule is CCCCCN(c1ccc(F)cc1CNC(C)C)C(C)C. The molecule has 0 amide bonds. The molecule has 3 heteroatoms. The third kappa shape index (κ3) is 6.04. The second kappa shape index (κ2) is 9.04. The highest BCUT2D eigenvalue weighted by Crippen LogP contribution is 2.24. The molecule has 0 atom stereocenters. The van der Waals surface area contributed by atoms with E-state index in [4.69, 9.17) is 0 Å². The predicted molar refractivity (Wildman–Crippen MR) is 90.4 cm³/mol. The van der Waals surface area contributed by atoms with Gasteiger partial charge in [-0.2, -0.15) is 0 Å². The van der Waals surface area contributed by atoms with Gasteiger partial charge in [-0.05, 0) is 44.0 Å². The Morgan fingerprint density at radius 3 is 2.43 bits per heavy atom. The minimum Gasteiger partial charge on any atom is -0.369 e. The molecule has 0 aliphatic heterocycles. The number of unbranched alkanes of at least 4 members (excludes halogenated alkanes) is 2. The molecule has 0 aliphatic rings. The van der Waals surface area contributed by atoms with E-state index in [0.29, 0.717) is 18.6 Å². The van der Waals surface area contributed by atoms with Gasteiger partial charge in [-0.3, -0.25) is 0 Å². The summed E-state index contributed by atoms with van der Waals surface area (Å²) in [7, 11) is 0. The summed E-state index contributed by atoms with van der Waals surface area (Å²) in [6, 6.07) is 5.99. The summed E-state index contributed by atoms with van der Waals surface area (Å²) in [6.07, 6.45) is 3.64. The molecule has 21 heavy (non-hydrogen) atoms. The van der Waals surface area contributed by atoms with Crippen LogP contribution in [-0.4, -0.2) is 18.6 Å². The fourth-order valence-corrected chi connectivity index (χ4v) is 2.48. The van der Waals surface area contributed by atoms with Gasteiger partial charge in [0.15, 0.2) is 0 Å². The average molecular weight is 294 g/mol. The van der Waals surface area contributed by atoms with E-state index in [9.17, 15) is 4.39 Å². The summed E-state index contributed by atoms with van der Waals surface area (Å²) >= 11 is 0. The zero-order valence-electron chi connectivity index (χ0n) is 14.2. The van der Waals surface area contributed by atoms with Crippen LogP contribution in [0.15, 0.2) is 18.2 Å². The Balaban J connectivity index is 2.94. The fourth-order valence-electron chi connectivity index (χ4n) is 2.48. The molecule has 0 heterocycles. The summed E-state index contributed by atoms with van der Waals surface area (Å²) in [5.74, 6) is -0.156. The first-order chi connectivity index (χ1) is 9.95. The molecule has 1 N–H and O–H groups in total. The second-order valence-electron chi connectivity index (χ2n) is 6.30. The lowest BCUT2D eigenvalue weighted by Gasteiger charge is -2.31. The Bertz CT molecular complexity index is 416. The molecular formula is C18H31FN2. The normalized spacial score (nSPS) is 11.4. The van der Waals surface area contributed by atoms with E-state index < -0.39 is 0 Å². The summed E-state index contributed by atoms with van der Waals surface area (Å²) in [5.41, 5.74) is 2.21. The quantitative estimate of drug-likeness (QED) is 0.662. The van der Waals surface area contributed by atoms with Crippen molar-refractivity contribution in [3.8, 4) is 0 Å². The smallest absolute Gasteiger partial charge is 0.123 e. The first kappa shape index (κ1) is 18.0. The maximum atomic E-state index is 13.6. The topological polar surface area (TPSA) is 15.3 Å². The van der Waals surface area contributed by atoms with Crippen LogP contribution in [0.1, 0.15) is 59.4 Å². The van der Waals surface area contributed by atoms with Crippen molar-refractivity contribution in [3.05, 3.63) is 29.6 Å². The van der Waals surface area contributed by atoms with E-state index in [1.807, 2.05) is 6.07 Å². The van der Waals surface area contributed by atoms with Crippen LogP contribution >= 0.6 is 0 Å². The van der Waals surface area contributed by atoms with Crippen LogP contribution < -0.4 is 10.2 Å². The molecule has 0 saturated carbocycles. The van der Waals surface area contributed by atoms with Crippen molar-refractivity contribution in [2.45, 2.75) is 72.5 Å². The lowest BCUT2D eigenvalue weighted by atomic mass is 10.1.